The molecule has 0 spiro atoms. The fourth-order valence-electron chi connectivity index (χ4n) is 1.45. The average Bonchev–Trinajstić information content (AvgIpc) is 2.61. The molecule has 0 saturated heterocycles. The van der Waals surface area contributed by atoms with E-state index in [9.17, 15) is 4.39 Å². The monoisotopic (exact) mass is 239 g/mol. The van der Waals surface area contributed by atoms with Crippen LogP contribution in [-0.4, -0.2) is 17.0 Å². The molecule has 0 atom stereocenters. The summed E-state index contributed by atoms with van der Waals surface area (Å²) in [7, 11) is 1.83. The van der Waals surface area contributed by atoms with Gasteiger partial charge in [-0.05, 0) is 31.3 Å². The number of benzene rings is 1. The Bertz CT molecular complexity index is 478. The second-order valence-electron chi connectivity index (χ2n) is 3.38. The summed E-state index contributed by atoms with van der Waals surface area (Å²) in [6.07, 6.45) is 0. The van der Waals surface area contributed by atoms with E-state index in [1.807, 2.05) is 7.05 Å². The highest BCUT2D eigenvalue weighted by Crippen LogP contribution is 2.25. The van der Waals surface area contributed by atoms with Gasteiger partial charge in [0.05, 0.1) is 6.54 Å². The van der Waals surface area contributed by atoms with Gasteiger partial charge in [0.1, 0.15) is 22.5 Å². The van der Waals surface area contributed by atoms with Gasteiger partial charge in [0.2, 0.25) is 0 Å². The van der Waals surface area contributed by atoms with Crippen LogP contribution in [0.2, 0.25) is 5.15 Å². The minimum atomic E-state index is -0.272. The van der Waals surface area contributed by atoms with Crippen molar-refractivity contribution in [3.63, 3.8) is 0 Å². The smallest absolute Gasteiger partial charge is 0.134 e. The summed E-state index contributed by atoms with van der Waals surface area (Å²) in [5.74, 6) is 0.484. The van der Waals surface area contributed by atoms with Crippen molar-refractivity contribution in [3.05, 3.63) is 41.1 Å². The SMILES string of the molecule is CNCc1nc(-c2ccc(F)cc2)c(Cl)[nH]1. The summed E-state index contributed by atoms with van der Waals surface area (Å²) in [4.78, 5) is 7.28. The van der Waals surface area contributed by atoms with E-state index in [4.69, 9.17) is 11.6 Å². The van der Waals surface area contributed by atoms with Crippen LogP contribution in [0.25, 0.3) is 11.3 Å². The summed E-state index contributed by atoms with van der Waals surface area (Å²) >= 11 is 6.02. The lowest BCUT2D eigenvalue weighted by Gasteiger charge is -1.96. The van der Waals surface area contributed by atoms with Gasteiger partial charge in [-0.2, -0.15) is 0 Å². The van der Waals surface area contributed by atoms with Crippen LogP contribution in [0.4, 0.5) is 4.39 Å². The number of H-pyrrole nitrogens is 1. The Hall–Kier alpha value is -1.39. The third-order valence-corrected chi connectivity index (χ3v) is 2.44. The Morgan fingerprint density at radius 1 is 1.38 bits per heavy atom. The predicted octanol–water partition coefficient (Wildman–Crippen LogP) is 2.59. The Morgan fingerprint density at radius 3 is 2.69 bits per heavy atom. The van der Waals surface area contributed by atoms with Crippen LogP contribution in [0.1, 0.15) is 5.82 Å². The van der Waals surface area contributed by atoms with Gasteiger partial charge < -0.3 is 10.3 Å². The van der Waals surface area contributed by atoms with E-state index in [1.54, 1.807) is 12.1 Å². The first kappa shape index (κ1) is 11.1. The number of hydrogen-bond donors (Lipinski definition) is 2. The molecule has 1 heterocycles. The van der Waals surface area contributed by atoms with E-state index in [1.165, 1.54) is 12.1 Å². The van der Waals surface area contributed by atoms with E-state index in [0.29, 0.717) is 17.4 Å². The van der Waals surface area contributed by atoms with Crippen LogP contribution in [0.3, 0.4) is 0 Å². The molecule has 0 unspecified atom stereocenters. The van der Waals surface area contributed by atoms with Crippen molar-refractivity contribution < 1.29 is 4.39 Å². The average molecular weight is 240 g/mol. The lowest BCUT2D eigenvalue weighted by Crippen LogP contribution is -2.06. The molecule has 2 rings (SSSR count). The highest BCUT2D eigenvalue weighted by Gasteiger charge is 2.09. The molecule has 0 bridgehead atoms. The summed E-state index contributed by atoms with van der Waals surface area (Å²) in [6.45, 7) is 0.612. The zero-order valence-electron chi connectivity index (χ0n) is 8.72. The van der Waals surface area contributed by atoms with Gasteiger partial charge in [-0.25, -0.2) is 9.37 Å². The number of nitrogens with zero attached hydrogens (tertiary/aromatic N) is 1. The minimum Gasteiger partial charge on any atom is -0.331 e. The standard InChI is InChI=1S/C11H11ClFN3/c1-14-6-9-15-10(11(12)16-9)7-2-4-8(13)5-3-7/h2-5,14H,6H2,1H3,(H,15,16). The number of aromatic amines is 1. The van der Waals surface area contributed by atoms with E-state index >= 15 is 0 Å². The number of rotatable bonds is 3. The molecular formula is C11H11ClFN3. The normalized spacial score (nSPS) is 10.7. The third kappa shape index (κ3) is 2.23. The van der Waals surface area contributed by atoms with Crippen LogP contribution in [0.5, 0.6) is 0 Å². The van der Waals surface area contributed by atoms with Crippen LogP contribution in [0, 0.1) is 5.82 Å². The summed E-state index contributed by atoms with van der Waals surface area (Å²) in [5.41, 5.74) is 1.44. The first-order valence-electron chi connectivity index (χ1n) is 4.85. The maximum Gasteiger partial charge on any atom is 0.134 e. The number of nitrogens with one attached hydrogen (secondary N) is 2. The molecule has 84 valence electrons. The third-order valence-electron chi connectivity index (χ3n) is 2.17. The molecule has 0 amide bonds. The Morgan fingerprint density at radius 2 is 2.06 bits per heavy atom. The second kappa shape index (κ2) is 4.63. The number of imidazole rings is 1. The molecule has 0 aliphatic carbocycles. The molecule has 5 heteroatoms. The van der Waals surface area contributed by atoms with Crippen molar-refractivity contribution >= 4 is 11.6 Å². The van der Waals surface area contributed by atoms with Gasteiger partial charge in [-0.3, -0.25) is 0 Å². The molecule has 1 aromatic heterocycles. The van der Waals surface area contributed by atoms with Crippen molar-refractivity contribution in [2.45, 2.75) is 6.54 Å². The molecule has 0 radical (unpaired) electrons. The molecule has 2 aromatic rings. The molecular weight excluding hydrogens is 229 g/mol. The molecule has 16 heavy (non-hydrogen) atoms. The van der Waals surface area contributed by atoms with Gasteiger partial charge in [0, 0.05) is 5.56 Å². The molecule has 1 aromatic carbocycles. The molecule has 0 saturated carbocycles. The van der Waals surface area contributed by atoms with Crippen molar-refractivity contribution in [3.8, 4) is 11.3 Å². The zero-order chi connectivity index (χ0) is 11.5. The Labute approximate surface area is 97.7 Å². The van der Waals surface area contributed by atoms with Crippen molar-refractivity contribution in [1.29, 1.82) is 0 Å². The number of halogens is 2. The van der Waals surface area contributed by atoms with E-state index in [2.05, 4.69) is 15.3 Å². The predicted molar refractivity (Wildman–Crippen MR) is 61.8 cm³/mol. The van der Waals surface area contributed by atoms with E-state index in [-0.39, 0.29) is 5.82 Å². The van der Waals surface area contributed by atoms with Crippen LogP contribution in [-0.2, 0) is 6.54 Å². The van der Waals surface area contributed by atoms with Crippen molar-refractivity contribution in [1.82, 2.24) is 15.3 Å². The first-order chi connectivity index (χ1) is 7.70. The van der Waals surface area contributed by atoms with Gasteiger partial charge in [-0.1, -0.05) is 11.6 Å². The van der Waals surface area contributed by atoms with Gasteiger partial charge in [-0.15, -0.1) is 0 Å². The van der Waals surface area contributed by atoms with Crippen molar-refractivity contribution in [2.75, 3.05) is 7.05 Å². The highest BCUT2D eigenvalue weighted by atomic mass is 35.5. The van der Waals surface area contributed by atoms with Crippen LogP contribution >= 0.6 is 11.6 Å². The van der Waals surface area contributed by atoms with E-state index < -0.39 is 0 Å². The van der Waals surface area contributed by atoms with Gasteiger partial charge >= 0.3 is 0 Å². The second-order valence-corrected chi connectivity index (χ2v) is 3.76. The summed E-state index contributed by atoms with van der Waals surface area (Å²) < 4.78 is 12.8. The van der Waals surface area contributed by atoms with Gasteiger partial charge in [0.15, 0.2) is 0 Å². The first-order valence-corrected chi connectivity index (χ1v) is 5.23. The van der Waals surface area contributed by atoms with E-state index in [0.717, 1.165) is 11.4 Å². The van der Waals surface area contributed by atoms with Crippen LogP contribution in [0.15, 0.2) is 24.3 Å². The Balaban J connectivity index is 2.36. The minimum absolute atomic E-state index is 0.272. The number of hydrogen-bond acceptors (Lipinski definition) is 2. The zero-order valence-corrected chi connectivity index (χ0v) is 9.48. The molecule has 0 aliphatic heterocycles. The number of aromatic nitrogens is 2. The fraction of sp³-hybridized carbons (Fsp3) is 0.182. The fourth-order valence-corrected chi connectivity index (χ4v) is 1.71. The lowest BCUT2D eigenvalue weighted by atomic mass is 10.2. The molecule has 3 nitrogen and oxygen atoms in total. The summed E-state index contributed by atoms with van der Waals surface area (Å²) in [6, 6.07) is 6.08. The highest BCUT2D eigenvalue weighted by molar-refractivity contribution is 6.31. The topological polar surface area (TPSA) is 40.7 Å². The molecule has 0 aliphatic rings. The van der Waals surface area contributed by atoms with Crippen LogP contribution < -0.4 is 5.32 Å². The maximum atomic E-state index is 12.8. The quantitative estimate of drug-likeness (QED) is 0.865. The van der Waals surface area contributed by atoms with Gasteiger partial charge in [0.25, 0.3) is 0 Å². The lowest BCUT2D eigenvalue weighted by molar-refractivity contribution is 0.628. The largest absolute Gasteiger partial charge is 0.331 e. The Kier molecular flexibility index (Phi) is 3.22. The maximum absolute atomic E-state index is 12.8. The summed E-state index contributed by atoms with van der Waals surface area (Å²) in [5, 5.41) is 3.44. The molecule has 2 N–H and O–H groups in total. The molecule has 0 fully saturated rings. The van der Waals surface area contributed by atoms with Crippen molar-refractivity contribution in [2.24, 2.45) is 0 Å².